The molecule has 2 aliphatic heterocycles. The first-order chi connectivity index (χ1) is 9.58. The molecule has 4 rings (SSSR count). The summed E-state index contributed by atoms with van der Waals surface area (Å²) >= 11 is 0. The van der Waals surface area contributed by atoms with Crippen molar-refractivity contribution in [3.63, 3.8) is 0 Å². The van der Waals surface area contributed by atoms with Gasteiger partial charge in [-0.1, -0.05) is 6.42 Å². The van der Waals surface area contributed by atoms with Crippen LogP contribution in [0.25, 0.3) is 0 Å². The molecule has 1 aromatic rings. The maximum absolute atomic E-state index is 12.6. The zero-order valence-electron chi connectivity index (χ0n) is 12.1. The molecule has 1 aliphatic carbocycles. The lowest BCUT2D eigenvalue weighted by Crippen LogP contribution is -2.61. The van der Waals surface area contributed by atoms with Crippen LogP contribution in [-0.4, -0.2) is 40.2 Å². The van der Waals surface area contributed by atoms with E-state index in [0.29, 0.717) is 11.1 Å². The van der Waals surface area contributed by atoms with Crippen molar-refractivity contribution in [2.45, 2.75) is 51.7 Å². The zero-order chi connectivity index (χ0) is 13.9. The molecule has 2 atom stereocenters. The number of H-pyrrole nitrogens is 1. The van der Waals surface area contributed by atoms with Crippen molar-refractivity contribution in [3.05, 3.63) is 17.0 Å². The first-order valence-electron chi connectivity index (χ1n) is 7.60. The Morgan fingerprint density at radius 1 is 1.40 bits per heavy atom. The molecule has 0 aromatic carbocycles. The molecule has 2 fully saturated rings. The number of likely N-dealkylation sites (tertiary alicyclic amines) is 1. The summed E-state index contributed by atoms with van der Waals surface area (Å²) in [5.74, 6) is 0.0984. The summed E-state index contributed by atoms with van der Waals surface area (Å²) in [4.78, 5) is 14.6. The predicted octanol–water partition coefficient (Wildman–Crippen LogP) is 2.06. The number of ether oxygens (including phenoxy) is 1. The van der Waals surface area contributed by atoms with Gasteiger partial charge in [-0.2, -0.15) is 5.10 Å². The van der Waals surface area contributed by atoms with Crippen LogP contribution in [0.2, 0.25) is 0 Å². The summed E-state index contributed by atoms with van der Waals surface area (Å²) in [5, 5.41) is 7.29. The van der Waals surface area contributed by atoms with Crippen molar-refractivity contribution in [2.75, 3.05) is 13.1 Å². The molecule has 3 heterocycles. The van der Waals surface area contributed by atoms with Crippen molar-refractivity contribution < 1.29 is 9.53 Å². The molecule has 20 heavy (non-hydrogen) atoms. The number of nitrogens with zero attached hydrogens (tertiary/aromatic N) is 2. The van der Waals surface area contributed by atoms with E-state index in [-0.39, 0.29) is 18.1 Å². The van der Waals surface area contributed by atoms with Crippen LogP contribution in [0.15, 0.2) is 0 Å². The highest BCUT2D eigenvalue weighted by atomic mass is 16.5. The molecule has 0 unspecified atom stereocenters. The van der Waals surface area contributed by atoms with Gasteiger partial charge in [0.15, 0.2) is 5.69 Å². The van der Waals surface area contributed by atoms with Crippen LogP contribution < -0.4 is 0 Å². The topological polar surface area (TPSA) is 58.2 Å². The lowest BCUT2D eigenvalue weighted by Gasteiger charge is -2.55. The van der Waals surface area contributed by atoms with Gasteiger partial charge in [-0.3, -0.25) is 9.89 Å². The van der Waals surface area contributed by atoms with Gasteiger partial charge in [-0.25, -0.2) is 0 Å². The molecule has 1 saturated carbocycles. The van der Waals surface area contributed by atoms with Crippen molar-refractivity contribution >= 4 is 5.91 Å². The first kappa shape index (κ1) is 12.4. The Bertz CT molecular complexity index is 553. The lowest BCUT2D eigenvalue weighted by atomic mass is 9.63. The monoisotopic (exact) mass is 275 g/mol. The molecule has 3 aliphatic rings. The average Bonchev–Trinajstić information content (AvgIpc) is 2.68. The second-order valence-corrected chi connectivity index (χ2v) is 6.77. The van der Waals surface area contributed by atoms with E-state index in [1.807, 2.05) is 18.7 Å². The number of hydrogen-bond donors (Lipinski definition) is 1. The number of aromatic amines is 1. The van der Waals surface area contributed by atoms with Gasteiger partial charge >= 0.3 is 0 Å². The second-order valence-electron chi connectivity index (χ2n) is 6.77. The molecule has 0 bridgehead atoms. The number of aromatic nitrogens is 2. The van der Waals surface area contributed by atoms with E-state index in [9.17, 15) is 4.79 Å². The fraction of sp³-hybridized carbons (Fsp3) is 0.733. The maximum atomic E-state index is 12.6. The van der Waals surface area contributed by atoms with Crippen LogP contribution in [0.4, 0.5) is 0 Å². The van der Waals surface area contributed by atoms with Crippen molar-refractivity contribution in [3.8, 4) is 0 Å². The van der Waals surface area contributed by atoms with Crippen LogP contribution in [0.5, 0.6) is 0 Å². The molecule has 5 heteroatoms. The summed E-state index contributed by atoms with van der Waals surface area (Å²) in [6.07, 6.45) is 4.82. The minimum Gasteiger partial charge on any atom is -0.369 e. The smallest absolute Gasteiger partial charge is 0.274 e. The van der Waals surface area contributed by atoms with Crippen molar-refractivity contribution in [1.82, 2.24) is 15.1 Å². The van der Waals surface area contributed by atoms with Gasteiger partial charge in [0.1, 0.15) is 0 Å². The zero-order valence-corrected chi connectivity index (χ0v) is 12.1. The van der Waals surface area contributed by atoms with Gasteiger partial charge in [0.25, 0.3) is 5.91 Å². The third-order valence-electron chi connectivity index (χ3n) is 5.19. The van der Waals surface area contributed by atoms with Gasteiger partial charge in [-0.15, -0.1) is 0 Å². The largest absolute Gasteiger partial charge is 0.369 e. The molecule has 0 radical (unpaired) electrons. The Hall–Kier alpha value is -1.36. The Kier molecular flexibility index (Phi) is 2.52. The fourth-order valence-electron chi connectivity index (χ4n) is 3.90. The first-order valence-corrected chi connectivity index (χ1v) is 7.60. The lowest BCUT2D eigenvalue weighted by molar-refractivity contribution is -0.0431. The minimum absolute atomic E-state index is 0.00263. The Morgan fingerprint density at radius 2 is 2.15 bits per heavy atom. The van der Waals surface area contributed by atoms with Gasteiger partial charge in [0, 0.05) is 30.5 Å². The van der Waals surface area contributed by atoms with E-state index < -0.39 is 0 Å². The molecule has 108 valence electrons. The summed E-state index contributed by atoms with van der Waals surface area (Å²) in [7, 11) is 0. The Labute approximate surface area is 118 Å². The Morgan fingerprint density at radius 3 is 2.80 bits per heavy atom. The van der Waals surface area contributed by atoms with E-state index in [2.05, 4.69) is 10.2 Å². The number of rotatable bonds is 1. The van der Waals surface area contributed by atoms with Crippen LogP contribution in [0.3, 0.4) is 0 Å². The third kappa shape index (κ3) is 1.65. The highest BCUT2D eigenvalue weighted by Crippen LogP contribution is 2.48. The van der Waals surface area contributed by atoms with Gasteiger partial charge < -0.3 is 9.64 Å². The number of nitrogens with one attached hydrogen (secondary N) is 1. The van der Waals surface area contributed by atoms with E-state index in [1.165, 1.54) is 19.3 Å². The summed E-state index contributed by atoms with van der Waals surface area (Å²) < 4.78 is 5.77. The van der Waals surface area contributed by atoms with Gasteiger partial charge in [0.05, 0.1) is 17.9 Å². The molecule has 1 amide bonds. The average molecular weight is 275 g/mol. The van der Waals surface area contributed by atoms with Crippen LogP contribution >= 0.6 is 0 Å². The van der Waals surface area contributed by atoms with Crippen LogP contribution in [0.1, 0.15) is 61.0 Å². The van der Waals surface area contributed by atoms with Crippen molar-refractivity contribution in [1.29, 1.82) is 0 Å². The molecule has 1 N–H and O–H groups in total. The van der Waals surface area contributed by atoms with Crippen molar-refractivity contribution in [2.24, 2.45) is 5.41 Å². The molecular formula is C15H21N3O2. The molecule has 1 aromatic heterocycles. The maximum Gasteiger partial charge on any atom is 0.274 e. The summed E-state index contributed by atoms with van der Waals surface area (Å²) in [5.41, 5.74) is 3.13. The van der Waals surface area contributed by atoms with Crippen LogP contribution in [-0.2, 0) is 11.2 Å². The highest BCUT2D eigenvalue weighted by molar-refractivity contribution is 5.94. The van der Waals surface area contributed by atoms with E-state index in [1.54, 1.807) is 0 Å². The third-order valence-corrected chi connectivity index (χ3v) is 5.19. The minimum atomic E-state index is -0.00263. The van der Waals surface area contributed by atoms with E-state index in [0.717, 1.165) is 30.8 Å². The Balaban J connectivity index is 1.56. The number of fused-ring (bicyclic) bond motifs is 1. The quantitative estimate of drug-likeness (QED) is 0.853. The molecular weight excluding hydrogens is 254 g/mol. The summed E-state index contributed by atoms with van der Waals surface area (Å²) in [6.45, 7) is 5.91. The molecule has 5 nitrogen and oxygen atoms in total. The van der Waals surface area contributed by atoms with E-state index in [4.69, 9.17) is 4.74 Å². The summed E-state index contributed by atoms with van der Waals surface area (Å²) in [6, 6.07) is 0. The number of carbonyl (C=O) groups is 1. The fourth-order valence-corrected chi connectivity index (χ4v) is 3.90. The molecule has 1 spiro atoms. The second kappa shape index (κ2) is 4.07. The van der Waals surface area contributed by atoms with Gasteiger partial charge in [-0.05, 0) is 26.7 Å². The van der Waals surface area contributed by atoms with Gasteiger partial charge in [0.2, 0.25) is 0 Å². The molecule has 1 saturated heterocycles. The number of hydrogen-bond acceptors (Lipinski definition) is 3. The standard InChI is InChI=1S/C15H21N3O2/c1-9-6-11-12(10(2)20-9)16-17-13(11)14(19)18-7-15(8-18)4-3-5-15/h9-10H,3-8H2,1-2H3,(H,16,17)/t9-,10+/m1/s1. The SMILES string of the molecule is C[C@@H]1Cc2c(C(=O)N3CC4(CCC4)C3)n[nH]c2[C@H](C)O1. The normalized spacial score (nSPS) is 30.6. The van der Waals surface area contributed by atoms with Crippen LogP contribution in [0, 0.1) is 5.41 Å². The van der Waals surface area contributed by atoms with E-state index >= 15 is 0 Å². The predicted molar refractivity (Wildman–Crippen MR) is 73.4 cm³/mol. The highest BCUT2D eigenvalue weighted by Gasteiger charge is 2.49. The number of carbonyl (C=O) groups excluding carboxylic acids is 1. The number of amides is 1.